The molecule has 61 heavy (non-hydrogen) atoms. The monoisotopic (exact) mass is 791 g/mol. The van der Waals surface area contributed by atoms with Gasteiger partial charge in [0.1, 0.15) is 0 Å². The molecule has 1 spiro atoms. The molecular formula is C59H37NS. The van der Waals surface area contributed by atoms with Gasteiger partial charge >= 0.3 is 0 Å². The van der Waals surface area contributed by atoms with Gasteiger partial charge in [0.05, 0.1) is 16.8 Å². The standard InChI is InChI=1S/C59H37NS/c1-2-18-41-38(16-1)17-13-24-42(41)39-34-36-40(37-35-39)60(53-30-11-6-21-45(53)46-25-14-33-56-57(46)48-23-7-12-32-55(48)61-56)54-31-15-29-52-58(54)47-22-5-10-28-51(47)59(52)49-26-8-3-19-43(49)44-20-4-9-27-50(44)59/h1-37H. The van der Waals surface area contributed by atoms with E-state index >= 15 is 0 Å². The molecule has 0 amide bonds. The number of benzene rings is 10. The van der Waals surface area contributed by atoms with Crippen molar-refractivity contribution < 1.29 is 0 Å². The molecule has 13 rings (SSSR count). The molecule has 0 saturated heterocycles. The number of fused-ring (bicyclic) bond motifs is 14. The first-order chi connectivity index (χ1) is 30.3. The first-order valence-corrected chi connectivity index (χ1v) is 21.9. The predicted molar refractivity (Wildman–Crippen MR) is 259 cm³/mol. The van der Waals surface area contributed by atoms with Gasteiger partial charge in [-0.2, -0.15) is 0 Å². The summed E-state index contributed by atoms with van der Waals surface area (Å²) in [6.45, 7) is 0. The molecule has 0 bridgehead atoms. The van der Waals surface area contributed by atoms with Crippen molar-refractivity contribution in [1.82, 2.24) is 0 Å². The Balaban J connectivity index is 1.10. The number of rotatable bonds is 5. The lowest BCUT2D eigenvalue weighted by Crippen LogP contribution is -2.26. The smallest absolute Gasteiger partial charge is 0.0726 e. The fourth-order valence-corrected chi connectivity index (χ4v) is 12.0. The zero-order valence-electron chi connectivity index (χ0n) is 33.2. The van der Waals surface area contributed by atoms with Gasteiger partial charge < -0.3 is 4.90 Å². The number of thiophene rings is 1. The van der Waals surface area contributed by atoms with Crippen LogP contribution in [0, 0.1) is 0 Å². The highest BCUT2D eigenvalue weighted by Gasteiger charge is 2.52. The summed E-state index contributed by atoms with van der Waals surface area (Å²) in [6, 6.07) is 83.6. The van der Waals surface area contributed by atoms with Crippen LogP contribution in [-0.2, 0) is 5.41 Å². The molecule has 0 fully saturated rings. The van der Waals surface area contributed by atoms with Crippen LogP contribution in [0.5, 0.6) is 0 Å². The van der Waals surface area contributed by atoms with Crippen molar-refractivity contribution in [2.45, 2.75) is 5.41 Å². The van der Waals surface area contributed by atoms with Gasteiger partial charge in [0.2, 0.25) is 0 Å². The summed E-state index contributed by atoms with van der Waals surface area (Å²) in [7, 11) is 0. The summed E-state index contributed by atoms with van der Waals surface area (Å²) < 4.78 is 2.61. The molecule has 2 aliphatic carbocycles. The minimum atomic E-state index is -0.445. The molecular weight excluding hydrogens is 755 g/mol. The second-order valence-corrected chi connectivity index (χ2v) is 17.4. The molecule has 1 aromatic heterocycles. The highest BCUT2D eigenvalue weighted by molar-refractivity contribution is 7.25. The van der Waals surface area contributed by atoms with E-state index in [2.05, 4.69) is 229 Å². The number of hydrogen-bond donors (Lipinski definition) is 0. The van der Waals surface area contributed by atoms with Gasteiger partial charge in [-0.3, -0.25) is 0 Å². The SMILES string of the molecule is c1ccc(N(c2ccc(-c3cccc4ccccc34)cc2)c2cccc3c2-c2ccccc2C32c3ccccc3-c3ccccc32)c(-c2cccc3sc4ccccc4c23)c1. The highest BCUT2D eigenvalue weighted by Crippen LogP contribution is 2.65. The van der Waals surface area contributed by atoms with E-state index in [0.29, 0.717) is 0 Å². The van der Waals surface area contributed by atoms with E-state index in [1.807, 2.05) is 11.3 Å². The third-order valence-electron chi connectivity index (χ3n) is 13.3. The number of nitrogens with zero attached hydrogens (tertiary/aromatic N) is 1. The lowest BCUT2D eigenvalue weighted by atomic mass is 9.70. The second kappa shape index (κ2) is 13.2. The molecule has 284 valence electrons. The van der Waals surface area contributed by atoms with Gasteiger partial charge in [0, 0.05) is 37.0 Å². The Morgan fingerprint density at radius 1 is 0.328 bits per heavy atom. The highest BCUT2D eigenvalue weighted by atomic mass is 32.1. The van der Waals surface area contributed by atoms with Crippen LogP contribution in [0.3, 0.4) is 0 Å². The summed E-state index contributed by atoms with van der Waals surface area (Å²) in [5.41, 5.74) is 18.4. The predicted octanol–water partition coefficient (Wildman–Crippen LogP) is 16.4. The molecule has 0 radical (unpaired) electrons. The van der Waals surface area contributed by atoms with Crippen LogP contribution in [0.25, 0.3) is 75.5 Å². The van der Waals surface area contributed by atoms with Crippen molar-refractivity contribution in [2.24, 2.45) is 0 Å². The topological polar surface area (TPSA) is 3.24 Å². The molecule has 0 N–H and O–H groups in total. The van der Waals surface area contributed by atoms with Crippen LogP contribution >= 0.6 is 11.3 Å². The molecule has 1 nitrogen and oxygen atoms in total. The van der Waals surface area contributed by atoms with Crippen molar-refractivity contribution in [1.29, 1.82) is 0 Å². The van der Waals surface area contributed by atoms with E-state index in [9.17, 15) is 0 Å². The normalized spacial score (nSPS) is 13.0. The van der Waals surface area contributed by atoms with E-state index in [1.54, 1.807) is 0 Å². The molecule has 0 aliphatic heterocycles. The zero-order chi connectivity index (χ0) is 40.1. The molecule has 10 aromatic carbocycles. The minimum Gasteiger partial charge on any atom is -0.309 e. The van der Waals surface area contributed by atoms with Gasteiger partial charge in [-0.1, -0.05) is 188 Å². The molecule has 0 atom stereocenters. The molecule has 11 aromatic rings. The number of anilines is 3. The maximum Gasteiger partial charge on any atom is 0.0726 e. The Kier molecular flexibility index (Phi) is 7.46. The average Bonchev–Trinajstić information content (AvgIpc) is 3.97. The lowest BCUT2D eigenvalue weighted by molar-refractivity contribution is 0.794. The van der Waals surface area contributed by atoms with Crippen molar-refractivity contribution in [3.05, 3.63) is 247 Å². The van der Waals surface area contributed by atoms with Crippen molar-refractivity contribution in [3.63, 3.8) is 0 Å². The molecule has 2 aliphatic rings. The zero-order valence-corrected chi connectivity index (χ0v) is 34.0. The maximum atomic E-state index is 2.54. The van der Waals surface area contributed by atoms with E-state index in [-0.39, 0.29) is 0 Å². The quantitative estimate of drug-likeness (QED) is 0.168. The minimum absolute atomic E-state index is 0.445. The summed E-state index contributed by atoms with van der Waals surface area (Å²) >= 11 is 1.87. The van der Waals surface area contributed by atoms with Crippen LogP contribution in [0.2, 0.25) is 0 Å². The van der Waals surface area contributed by atoms with Crippen LogP contribution < -0.4 is 4.90 Å². The molecule has 0 saturated carbocycles. The fourth-order valence-electron chi connectivity index (χ4n) is 10.9. The summed E-state index contributed by atoms with van der Waals surface area (Å²) in [4.78, 5) is 2.54. The first kappa shape index (κ1) is 34.4. The molecule has 2 heteroatoms. The van der Waals surface area contributed by atoms with Gasteiger partial charge in [-0.05, 0) is 103 Å². The molecule has 0 unspecified atom stereocenters. The Hall–Kier alpha value is -7.52. The Labute approximate surface area is 359 Å². The van der Waals surface area contributed by atoms with Gasteiger partial charge in [0.25, 0.3) is 0 Å². The number of para-hydroxylation sites is 1. The van der Waals surface area contributed by atoms with Gasteiger partial charge in [-0.25, -0.2) is 0 Å². The van der Waals surface area contributed by atoms with Crippen LogP contribution in [0.1, 0.15) is 22.3 Å². The fraction of sp³-hybridized carbons (Fsp3) is 0.0169. The first-order valence-electron chi connectivity index (χ1n) is 21.1. The Morgan fingerprint density at radius 3 is 1.62 bits per heavy atom. The second-order valence-electron chi connectivity index (χ2n) is 16.3. The van der Waals surface area contributed by atoms with Crippen molar-refractivity contribution >= 4 is 59.3 Å². The van der Waals surface area contributed by atoms with Crippen molar-refractivity contribution in [3.8, 4) is 44.5 Å². The van der Waals surface area contributed by atoms with Crippen LogP contribution in [0.4, 0.5) is 17.1 Å². The van der Waals surface area contributed by atoms with E-state index in [1.165, 1.54) is 97.7 Å². The van der Waals surface area contributed by atoms with Crippen molar-refractivity contribution in [2.75, 3.05) is 4.90 Å². The Morgan fingerprint density at radius 2 is 0.836 bits per heavy atom. The van der Waals surface area contributed by atoms with E-state index in [4.69, 9.17) is 0 Å². The number of hydrogen-bond acceptors (Lipinski definition) is 2. The van der Waals surface area contributed by atoms with E-state index < -0.39 is 5.41 Å². The average molecular weight is 792 g/mol. The lowest BCUT2D eigenvalue weighted by Gasteiger charge is -2.32. The van der Waals surface area contributed by atoms with Crippen LogP contribution in [-0.4, -0.2) is 0 Å². The third-order valence-corrected chi connectivity index (χ3v) is 14.4. The summed E-state index contributed by atoms with van der Waals surface area (Å²) in [5, 5.41) is 5.12. The third kappa shape index (κ3) is 4.83. The largest absolute Gasteiger partial charge is 0.309 e. The summed E-state index contributed by atoms with van der Waals surface area (Å²) in [5.74, 6) is 0. The summed E-state index contributed by atoms with van der Waals surface area (Å²) in [6.07, 6.45) is 0. The van der Waals surface area contributed by atoms with Gasteiger partial charge in [0.15, 0.2) is 0 Å². The van der Waals surface area contributed by atoms with E-state index in [0.717, 1.165) is 17.1 Å². The Bertz CT molecular complexity index is 3500. The van der Waals surface area contributed by atoms with Gasteiger partial charge in [-0.15, -0.1) is 11.3 Å². The molecule has 1 heterocycles. The van der Waals surface area contributed by atoms with Crippen LogP contribution in [0.15, 0.2) is 224 Å². The maximum absolute atomic E-state index is 2.54.